The number of benzene rings is 2. The maximum Gasteiger partial charge on any atom is 0.265 e. The SMILES string of the molecule is COc1ccc(C(=O)N2CCCC(C3OCCO3)C2)cc1S(=O)(=O)Nc1ccc(C)cc1. The Hall–Kier alpha value is -2.62. The van der Waals surface area contributed by atoms with Crippen molar-refractivity contribution in [3.05, 3.63) is 53.6 Å². The van der Waals surface area contributed by atoms with Crippen LogP contribution in [-0.4, -0.2) is 58.9 Å². The minimum absolute atomic E-state index is 0.0811. The fourth-order valence-electron chi connectivity index (χ4n) is 4.10. The summed E-state index contributed by atoms with van der Waals surface area (Å²) < 4.78 is 45.3. The molecule has 2 aromatic carbocycles. The molecule has 2 aliphatic rings. The zero-order chi connectivity index (χ0) is 22.7. The average Bonchev–Trinajstić information content (AvgIpc) is 3.35. The lowest BCUT2D eigenvalue weighted by atomic mass is 9.96. The number of hydrogen-bond donors (Lipinski definition) is 1. The second kappa shape index (κ2) is 9.48. The van der Waals surface area contributed by atoms with E-state index < -0.39 is 10.0 Å². The molecule has 4 rings (SSSR count). The van der Waals surface area contributed by atoms with Crippen LogP contribution >= 0.6 is 0 Å². The fourth-order valence-corrected chi connectivity index (χ4v) is 5.35. The van der Waals surface area contributed by atoms with Gasteiger partial charge < -0.3 is 19.1 Å². The van der Waals surface area contributed by atoms with E-state index in [0.29, 0.717) is 37.6 Å². The van der Waals surface area contributed by atoms with Gasteiger partial charge in [0.1, 0.15) is 10.6 Å². The number of ether oxygens (including phenoxy) is 3. The van der Waals surface area contributed by atoms with E-state index in [4.69, 9.17) is 14.2 Å². The number of nitrogens with zero attached hydrogens (tertiary/aromatic N) is 1. The summed E-state index contributed by atoms with van der Waals surface area (Å²) in [4.78, 5) is 14.9. The monoisotopic (exact) mass is 460 g/mol. The zero-order valence-corrected chi connectivity index (χ0v) is 19.1. The topological polar surface area (TPSA) is 94.2 Å². The highest BCUT2D eigenvalue weighted by Gasteiger charge is 2.33. The molecule has 0 saturated carbocycles. The van der Waals surface area contributed by atoms with Crippen LogP contribution in [0, 0.1) is 12.8 Å². The number of likely N-dealkylation sites (tertiary alicyclic amines) is 1. The predicted molar refractivity (Wildman–Crippen MR) is 119 cm³/mol. The van der Waals surface area contributed by atoms with Crippen LogP contribution in [-0.2, 0) is 19.5 Å². The summed E-state index contributed by atoms with van der Waals surface area (Å²) in [5.41, 5.74) is 1.75. The molecule has 1 atom stereocenters. The number of piperidine rings is 1. The number of carbonyl (C=O) groups excluding carboxylic acids is 1. The molecule has 2 fully saturated rings. The molecule has 0 aromatic heterocycles. The van der Waals surface area contributed by atoms with Crippen LogP contribution in [0.5, 0.6) is 5.75 Å². The molecular weight excluding hydrogens is 432 g/mol. The lowest BCUT2D eigenvalue weighted by molar-refractivity contribution is -0.0969. The smallest absolute Gasteiger partial charge is 0.265 e. The first-order valence-electron chi connectivity index (χ1n) is 10.7. The third-order valence-electron chi connectivity index (χ3n) is 5.78. The maximum atomic E-state index is 13.2. The van der Waals surface area contributed by atoms with Crippen molar-refractivity contribution in [3.8, 4) is 5.75 Å². The second-order valence-electron chi connectivity index (χ2n) is 8.10. The molecule has 2 saturated heterocycles. The number of sulfonamides is 1. The Labute approximate surface area is 188 Å². The number of hydrogen-bond acceptors (Lipinski definition) is 6. The largest absolute Gasteiger partial charge is 0.495 e. The summed E-state index contributed by atoms with van der Waals surface area (Å²) in [5.74, 6) is 0.0624. The van der Waals surface area contributed by atoms with Gasteiger partial charge in [0, 0.05) is 30.3 Å². The molecule has 0 aliphatic carbocycles. The van der Waals surface area contributed by atoms with Crippen molar-refractivity contribution >= 4 is 21.6 Å². The van der Waals surface area contributed by atoms with E-state index in [2.05, 4.69) is 4.72 Å². The summed E-state index contributed by atoms with van der Waals surface area (Å²) in [7, 11) is -2.56. The van der Waals surface area contributed by atoms with Crippen LogP contribution in [0.3, 0.4) is 0 Å². The lowest BCUT2D eigenvalue weighted by Gasteiger charge is -2.34. The predicted octanol–water partition coefficient (Wildman–Crippen LogP) is 3.03. The van der Waals surface area contributed by atoms with Gasteiger partial charge in [0.25, 0.3) is 15.9 Å². The summed E-state index contributed by atoms with van der Waals surface area (Å²) in [6.45, 7) is 4.19. The summed E-state index contributed by atoms with van der Waals surface area (Å²) in [6, 6.07) is 11.5. The van der Waals surface area contributed by atoms with Crippen LogP contribution in [0.4, 0.5) is 5.69 Å². The van der Waals surface area contributed by atoms with E-state index in [1.807, 2.05) is 19.1 Å². The minimum Gasteiger partial charge on any atom is -0.495 e. The molecular formula is C23H28N2O6S. The van der Waals surface area contributed by atoms with Crippen LogP contribution in [0.1, 0.15) is 28.8 Å². The van der Waals surface area contributed by atoms with Gasteiger partial charge in [-0.1, -0.05) is 17.7 Å². The van der Waals surface area contributed by atoms with Crippen molar-refractivity contribution in [2.75, 3.05) is 38.1 Å². The third kappa shape index (κ3) is 4.90. The highest BCUT2D eigenvalue weighted by Crippen LogP contribution is 2.30. The van der Waals surface area contributed by atoms with Crippen LogP contribution in [0.25, 0.3) is 0 Å². The molecule has 2 aliphatic heterocycles. The molecule has 8 nitrogen and oxygen atoms in total. The Bertz CT molecular complexity index is 1060. The molecule has 0 spiro atoms. The molecule has 2 heterocycles. The molecule has 2 aromatic rings. The Morgan fingerprint density at radius 2 is 1.84 bits per heavy atom. The molecule has 9 heteroatoms. The molecule has 1 N–H and O–H groups in total. The Morgan fingerprint density at radius 3 is 2.53 bits per heavy atom. The number of aryl methyl sites for hydroxylation is 1. The first kappa shape index (κ1) is 22.6. The van der Waals surface area contributed by atoms with Gasteiger partial charge in [-0.2, -0.15) is 0 Å². The van der Waals surface area contributed by atoms with Gasteiger partial charge >= 0.3 is 0 Å². The van der Waals surface area contributed by atoms with Crippen LogP contribution in [0.15, 0.2) is 47.4 Å². The van der Waals surface area contributed by atoms with Gasteiger partial charge in [0.2, 0.25) is 0 Å². The van der Waals surface area contributed by atoms with E-state index in [1.54, 1.807) is 23.1 Å². The second-order valence-corrected chi connectivity index (χ2v) is 9.75. The third-order valence-corrected chi connectivity index (χ3v) is 7.18. The quantitative estimate of drug-likeness (QED) is 0.712. The molecule has 1 amide bonds. The van der Waals surface area contributed by atoms with Crippen molar-refractivity contribution < 1.29 is 27.4 Å². The highest BCUT2D eigenvalue weighted by molar-refractivity contribution is 7.92. The number of methoxy groups -OCH3 is 1. The number of amides is 1. The molecule has 0 radical (unpaired) electrons. The number of rotatable bonds is 6. The van der Waals surface area contributed by atoms with E-state index in [0.717, 1.165) is 18.4 Å². The van der Waals surface area contributed by atoms with Gasteiger partial charge in [0.05, 0.1) is 20.3 Å². The van der Waals surface area contributed by atoms with Gasteiger partial charge in [-0.05, 0) is 50.1 Å². The van der Waals surface area contributed by atoms with Crippen molar-refractivity contribution in [3.63, 3.8) is 0 Å². The van der Waals surface area contributed by atoms with Crippen molar-refractivity contribution in [2.24, 2.45) is 5.92 Å². The van der Waals surface area contributed by atoms with Crippen molar-refractivity contribution in [1.29, 1.82) is 0 Å². The van der Waals surface area contributed by atoms with E-state index in [1.165, 1.54) is 19.2 Å². The fraction of sp³-hybridized carbons (Fsp3) is 0.435. The normalized spacial score (nSPS) is 19.7. The number of anilines is 1. The molecule has 1 unspecified atom stereocenters. The number of nitrogens with one attached hydrogen (secondary N) is 1. The first-order valence-corrected chi connectivity index (χ1v) is 12.2. The highest BCUT2D eigenvalue weighted by atomic mass is 32.2. The Morgan fingerprint density at radius 1 is 1.12 bits per heavy atom. The van der Waals surface area contributed by atoms with Crippen LogP contribution in [0.2, 0.25) is 0 Å². The maximum absolute atomic E-state index is 13.2. The lowest BCUT2D eigenvalue weighted by Crippen LogP contribution is -2.43. The zero-order valence-electron chi connectivity index (χ0n) is 18.2. The summed E-state index contributed by atoms with van der Waals surface area (Å²) >= 11 is 0. The van der Waals surface area contributed by atoms with Gasteiger partial charge in [-0.15, -0.1) is 0 Å². The van der Waals surface area contributed by atoms with Crippen molar-refractivity contribution in [1.82, 2.24) is 4.90 Å². The Kier molecular flexibility index (Phi) is 6.68. The van der Waals surface area contributed by atoms with E-state index in [9.17, 15) is 13.2 Å². The first-order chi connectivity index (χ1) is 15.4. The van der Waals surface area contributed by atoms with Gasteiger partial charge in [-0.3, -0.25) is 9.52 Å². The van der Waals surface area contributed by atoms with Gasteiger partial charge in [0.15, 0.2) is 6.29 Å². The van der Waals surface area contributed by atoms with Crippen LogP contribution < -0.4 is 9.46 Å². The minimum atomic E-state index is -3.97. The molecule has 32 heavy (non-hydrogen) atoms. The van der Waals surface area contributed by atoms with Crippen molar-refractivity contribution in [2.45, 2.75) is 31.0 Å². The molecule has 0 bridgehead atoms. The standard InChI is InChI=1S/C23H28N2O6S/c1-16-5-8-19(9-6-16)24-32(27,28)21-14-17(7-10-20(21)29-2)22(26)25-11-3-4-18(15-25)23-30-12-13-31-23/h5-10,14,18,23-24H,3-4,11-13,15H2,1-2H3. The van der Waals surface area contributed by atoms with E-state index in [-0.39, 0.29) is 28.8 Å². The summed E-state index contributed by atoms with van der Waals surface area (Å²) in [5, 5.41) is 0. The average molecular weight is 461 g/mol. The van der Waals surface area contributed by atoms with E-state index >= 15 is 0 Å². The molecule has 172 valence electrons. The van der Waals surface area contributed by atoms with Gasteiger partial charge in [-0.25, -0.2) is 8.42 Å². The summed E-state index contributed by atoms with van der Waals surface area (Å²) in [6.07, 6.45) is 1.49. The Balaban J connectivity index is 1.56. The number of carbonyl (C=O) groups is 1.